The predicted octanol–water partition coefficient (Wildman–Crippen LogP) is 3.29. The Balaban J connectivity index is 2.11. The van der Waals surface area contributed by atoms with Crippen molar-refractivity contribution < 1.29 is 8.78 Å². The summed E-state index contributed by atoms with van der Waals surface area (Å²) in [6.45, 7) is 3.98. The van der Waals surface area contributed by atoms with Gasteiger partial charge in [0.2, 0.25) is 0 Å². The van der Waals surface area contributed by atoms with Crippen LogP contribution < -0.4 is 5.73 Å². The third kappa shape index (κ3) is 3.52. The number of hydrogen-bond donors (Lipinski definition) is 1. The van der Waals surface area contributed by atoms with Crippen molar-refractivity contribution >= 4 is 15.9 Å². The Labute approximate surface area is 121 Å². The molecule has 1 saturated heterocycles. The van der Waals surface area contributed by atoms with Crippen LogP contribution in [0.15, 0.2) is 16.6 Å². The number of nitrogens with zero attached hydrogens (tertiary/aromatic N) is 1. The number of likely N-dealkylation sites (tertiary alicyclic amines) is 1. The highest BCUT2D eigenvalue weighted by atomic mass is 79.9. The Kier molecular flexibility index (Phi) is 4.92. The first-order valence-corrected chi connectivity index (χ1v) is 7.38. The van der Waals surface area contributed by atoms with Crippen LogP contribution in [0.2, 0.25) is 0 Å². The fraction of sp³-hybridized carbons (Fsp3) is 0.571. The van der Waals surface area contributed by atoms with Gasteiger partial charge < -0.3 is 5.73 Å². The van der Waals surface area contributed by atoms with Crippen molar-refractivity contribution in [2.45, 2.75) is 32.4 Å². The molecule has 1 aliphatic heterocycles. The van der Waals surface area contributed by atoms with Gasteiger partial charge >= 0.3 is 0 Å². The maximum absolute atomic E-state index is 13.9. The van der Waals surface area contributed by atoms with Crippen LogP contribution in [0.25, 0.3) is 0 Å². The van der Waals surface area contributed by atoms with E-state index in [1.165, 1.54) is 12.1 Å². The van der Waals surface area contributed by atoms with Crippen molar-refractivity contribution in [2.24, 2.45) is 11.7 Å². The molecule has 0 saturated carbocycles. The molecular formula is C14H19BrF2N2. The van der Waals surface area contributed by atoms with E-state index in [9.17, 15) is 8.78 Å². The monoisotopic (exact) mass is 332 g/mol. The van der Waals surface area contributed by atoms with Crippen LogP contribution >= 0.6 is 15.9 Å². The summed E-state index contributed by atoms with van der Waals surface area (Å²) in [5, 5.41) is 0. The van der Waals surface area contributed by atoms with Crippen LogP contribution in [0.1, 0.15) is 25.3 Å². The summed E-state index contributed by atoms with van der Waals surface area (Å²) in [7, 11) is 0. The molecule has 2 unspecified atom stereocenters. The average Bonchev–Trinajstić information content (AvgIpc) is 2.39. The molecule has 1 heterocycles. The maximum atomic E-state index is 13.9. The first-order valence-electron chi connectivity index (χ1n) is 6.59. The Morgan fingerprint density at radius 2 is 2.21 bits per heavy atom. The lowest BCUT2D eigenvalue weighted by molar-refractivity contribution is 0.151. The number of rotatable bonds is 3. The van der Waals surface area contributed by atoms with E-state index in [4.69, 9.17) is 5.73 Å². The lowest BCUT2D eigenvalue weighted by Gasteiger charge is -2.34. The Morgan fingerprint density at radius 1 is 1.47 bits per heavy atom. The van der Waals surface area contributed by atoms with Crippen LogP contribution in [0, 0.1) is 17.6 Å². The molecule has 0 spiro atoms. The molecule has 1 aromatic rings. The molecule has 2 N–H and O–H groups in total. The molecular weight excluding hydrogens is 314 g/mol. The van der Waals surface area contributed by atoms with Crippen molar-refractivity contribution in [1.29, 1.82) is 0 Å². The number of piperidine rings is 1. The largest absolute Gasteiger partial charge is 0.328 e. The summed E-state index contributed by atoms with van der Waals surface area (Å²) in [6.07, 6.45) is 2.13. The van der Waals surface area contributed by atoms with Crippen molar-refractivity contribution in [2.75, 3.05) is 13.1 Å². The molecule has 0 radical (unpaired) electrons. The van der Waals surface area contributed by atoms with Crippen LogP contribution in [-0.2, 0) is 6.54 Å². The highest BCUT2D eigenvalue weighted by molar-refractivity contribution is 9.10. The summed E-state index contributed by atoms with van der Waals surface area (Å²) in [4.78, 5) is 2.09. The predicted molar refractivity (Wildman–Crippen MR) is 75.7 cm³/mol. The molecule has 1 aliphatic rings. The summed E-state index contributed by atoms with van der Waals surface area (Å²) < 4.78 is 28.0. The SMILES string of the molecule is CC(N)C1CCCN(Cc2c(F)ccc(Br)c2F)C1. The lowest BCUT2D eigenvalue weighted by Crippen LogP contribution is -2.42. The molecule has 5 heteroatoms. The minimum Gasteiger partial charge on any atom is -0.328 e. The van der Waals surface area contributed by atoms with Crippen LogP contribution in [0.3, 0.4) is 0 Å². The summed E-state index contributed by atoms with van der Waals surface area (Å²) in [6, 6.07) is 2.82. The second-order valence-electron chi connectivity index (χ2n) is 5.32. The highest BCUT2D eigenvalue weighted by Gasteiger charge is 2.24. The normalized spacial score (nSPS) is 22.5. The van der Waals surface area contributed by atoms with Gasteiger partial charge in [-0.05, 0) is 60.3 Å². The Bertz CT molecular complexity index is 451. The topological polar surface area (TPSA) is 29.3 Å². The molecule has 0 aliphatic carbocycles. The molecule has 0 aromatic heterocycles. The van der Waals surface area contributed by atoms with Crippen molar-refractivity contribution in [3.8, 4) is 0 Å². The number of benzene rings is 1. The van der Waals surface area contributed by atoms with E-state index in [1.54, 1.807) is 0 Å². The average molecular weight is 333 g/mol. The molecule has 0 bridgehead atoms. The Morgan fingerprint density at radius 3 is 2.89 bits per heavy atom. The van der Waals surface area contributed by atoms with E-state index in [0.717, 1.165) is 25.9 Å². The highest BCUT2D eigenvalue weighted by Crippen LogP contribution is 2.25. The van der Waals surface area contributed by atoms with Crippen molar-refractivity contribution in [3.63, 3.8) is 0 Å². The maximum Gasteiger partial charge on any atom is 0.144 e. The summed E-state index contributed by atoms with van der Waals surface area (Å²) >= 11 is 3.10. The molecule has 1 aromatic carbocycles. The van der Waals surface area contributed by atoms with Crippen LogP contribution in [-0.4, -0.2) is 24.0 Å². The summed E-state index contributed by atoms with van der Waals surface area (Å²) in [5.74, 6) is -0.571. The first kappa shape index (κ1) is 14.9. The van der Waals surface area contributed by atoms with E-state index in [-0.39, 0.29) is 11.6 Å². The van der Waals surface area contributed by atoms with Gasteiger partial charge in [-0.15, -0.1) is 0 Å². The van der Waals surface area contributed by atoms with Gasteiger partial charge in [0, 0.05) is 24.7 Å². The van der Waals surface area contributed by atoms with Gasteiger partial charge in [0.15, 0.2) is 0 Å². The zero-order valence-corrected chi connectivity index (χ0v) is 12.6. The second-order valence-corrected chi connectivity index (χ2v) is 6.17. The van der Waals surface area contributed by atoms with Crippen LogP contribution in [0.5, 0.6) is 0 Å². The fourth-order valence-corrected chi connectivity index (χ4v) is 2.97. The zero-order chi connectivity index (χ0) is 14.0. The second kappa shape index (κ2) is 6.29. The minimum absolute atomic E-state index is 0.125. The first-order chi connectivity index (χ1) is 8.99. The lowest BCUT2D eigenvalue weighted by atomic mass is 9.92. The molecule has 1 fully saturated rings. The van der Waals surface area contributed by atoms with Gasteiger partial charge in [-0.1, -0.05) is 0 Å². The molecule has 2 rings (SSSR count). The van der Waals surface area contributed by atoms with E-state index in [2.05, 4.69) is 20.8 Å². The van der Waals surface area contributed by atoms with Gasteiger partial charge in [-0.3, -0.25) is 4.90 Å². The zero-order valence-electron chi connectivity index (χ0n) is 11.0. The van der Waals surface area contributed by atoms with Crippen molar-refractivity contribution in [3.05, 3.63) is 33.8 Å². The van der Waals surface area contributed by atoms with Gasteiger partial charge in [0.05, 0.1) is 4.47 Å². The van der Waals surface area contributed by atoms with Crippen LogP contribution in [0.4, 0.5) is 8.78 Å². The van der Waals surface area contributed by atoms with Gasteiger partial charge in [0.25, 0.3) is 0 Å². The molecule has 2 atom stereocenters. The third-order valence-corrected chi connectivity index (χ3v) is 4.42. The molecule has 106 valence electrons. The number of hydrogen-bond acceptors (Lipinski definition) is 2. The number of halogens is 3. The third-order valence-electron chi connectivity index (χ3n) is 3.81. The van der Waals surface area contributed by atoms with Gasteiger partial charge in [-0.2, -0.15) is 0 Å². The van der Waals surface area contributed by atoms with Crippen molar-refractivity contribution in [1.82, 2.24) is 4.90 Å². The minimum atomic E-state index is -0.497. The quantitative estimate of drug-likeness (QED) is 0.860. The Hall–Kier alpha value is -0.520. The molecule has 2 nitrogen and oxygen atoms in total. The molecule has 19 heavy (non-hydrogen) atoms. The van der Waals surface area contributed by atoms with Gasteiger partial charge in [0.1, 0.15) is 11.6 Å². The summed E-state index contributed by atoms with van der Waals surface area (Å²) in [5.41, 5.74) is 6.06. The van der Waals surface area contributed by atoms with E-state index >= 15 is 0 Å². The van der Waals surface area contributed by atoms with E-state index < -0.39 is 11.6 Å². The van der Waals surface area contributed by atoms with Gasteiger partial charge in [-0.25, -0.2) is 8.78 Å². The molecule has 0 amide bonds. The standard InChI is InChI=1S/C14H19BrF2N2/c1-9(18)10-3-2-6-19(7-10)8-11-13(16)5-4-12(15)14(11)17/h4-5,9-10H,2-3,6-8,18H2,1H3. The van der Waals surface area contributed by atoms with E-state index in [1.807, 2.05) is 6.92 Å². The fourth-order valence-electron chi connectivity index (χ4n) is 2.60. The smallest absolute Gasteiger partial charge is 0.144 e. The number of nitrogens with two attached hydrogens (primary N) is 1. The van der Waals surface area contributed by atoms with E-state index in [0.29, 0.717) is 16.9 Å².